The Morgan fingerprint density at radius 3 is 2.64 bits per heavy atom. The molecule has 10 heteroatoms. The first-order chi connectivity index (χ1) is 13.1. The zero-order chi connectivity index (χ0) is 20.6. The molecule has 1 aromatic heterocycles. The highest BCUT2D eigenvalue weighted by atomic mass is 35.5. The second-order valence-electron chi connectivity index (χ2n) is 6.53. The molecule has 0 bridgehead atoms. The Kier molecular flexibility index (Phi) is 5.40. The number of rotatable bonds is 5. The fourth-order valence-electron chi connectivity index (χ4n) is 2.92. The number of nitrogens with one attached hydrogen (secondary N) is 1. The molecule has 148 valence electrons. The molecule has 1 fully saturated rings. The summed E-state index contributed by atoms with van der Waals surface area (Å²) in [5.74, 6) is -2.90. The average Bonchev–Trinajstić information content (AvgIpc) is 3.13. The summed E-state index contributed by atoms with van der Waals surface area (Å²) >= 11 is 7.18. The maximum absolute atomic E-state index is 14.2. The number of urea groups is 1. The predicted octanol–water partition coefficient (Wildman–Crippen LogP) is 3.11. The Morgan fingerprint density at radius 1 is 1.29 bits per heavy atom. The first kappa shape index (κ1) is 20.2. The first-order valence-corrected chi connectivity index (χ1v) is 9.39. The van der Waals surface area contributed by atoms with Crippen molar-refractivity contribution >= 4 is 40.8 Å². The molecule has 1 aliphatic rings. The van der Waals surface area contributed by atoms with Crippen LogP contribution in [-0.4, -0.2) is 41.2 Å². The van der Waals surface area contributed by atoms with Crippen LogP contribution in [0.5, 0.6) is 0 Å². The Hall–Kier alpha value is -2.52. The molecule has 1 saturated heterocycles. The van der Waals surface area contributed by atoms with Gasteiger partial charge < -0.3 is 10.2 Å². The van der Waals surface area contributed by atoms with E-state index >= 15 is 0 Å². The van der Waals surface area contributed by atoms with E-state index in [0.717, 1.165) is 23.1 Å². The van der Waals surface area contributed by atoms with Crippen molar-refractivity contribution < 1.29 is 23.2 Å². The highest BCUT2D eigenvalue weighted by molar-refractivity contribution is 7.16. The maximum Gasteiger partial charge on any atom is 0.325 e. The van der Waals surface area contributed by atoms with Crippen LogP contribution in [-0.2, 0) is 21.7 Å². The maximum atomic E-state index is 14.2. The molecule has 1 unspecified atom stereocenters. The molecule has 1 atom stereocenters. The van der Waals surface area contributed by atoms with E-state index in [0.29, 0.717) is 9.24 Å². The predicted molar refractivity (Wildman–Crippen MR) is 99.8 cm³/mol. The van der Waals surface area contributed by atoms with Gasteiger partial charge in [0.25, 0.3) is 5.91 Å². The molecule has 1 aromatic carbocycles. The number of likely N-dealkylation sites (N-methyl/N-ethyl adjacent to an activating group) is 1. The van der Waals surface area contributed by atoms with Crippen molar-refractivity contribution in [1.29, 1.82) is 0 Å². The van der Waals surface area contributed by atoms with Crippen molar-refractivity contribution in [2.45, 2.75) is 19.0 Å². The topological polar surface area (TPSA) is 69.7 Å². The monoisotopic (exact) mass is 427 g/mol. The van der Waals surface area contributed by atoms with E-state index in [1.165, 1.54) is 30.2 Å². The van der Waals surface area contributed by atoms with Gasteiger partial charge in [-0.25, -0.2) is 13.6 Å². The van der Waals surface area contributed by atoms with Gasteiger partial charge >= 0.3 is 6.03 Å². The van der Waals surface area contributed by atoms with E-state index < -0.39 is 41.6 Å². The lowest BCUT2D eigenvalue weighted by molar-refractivity contribution is -0.138. The van der Waals surface area contributed by atoms with Gasteiger partial charge in [-0.2, -0.15) is 0 Å². The van der Waals surface area contributed by atoms with Crippen LogP contribution in [0.1, 0.15) is 17.4 Å². The van der Waals surface area contributed by atoms with Crippen molar-refractivity contribution in [2.75, 3.05) is 13.6 Å². The molecule has 0 saturated carbocycles. The second-order valence-corrected chi connectivity index (χ2v) is 8.33. The molecule has 4 amide bonds. The van der Waals surface area contributed by atoms with Gasteiger partial charge in [-0.15, -0.1) is 11.3 Å². The highest BCUT2D eigenvalue weighted by Gasteiger charge is 2.51. The molecule has 1 N–H and O–H groups in total. The van der Waals surface area contributed by atoms with E-state index in [4.69, 9.17) is 11.6 Å². The van der Waals surface area contributed by atoms with Gasteiger partial charge in [0.2, 0.25) is 5.91 Å². The number of amides is 4. The normalized spacial score (nSPS) is 19.1. The molecule has 3 rings (SSSR count). The molecular formula is C18H16ClF2N3O3S. The zero-order valence-corrected chi connectivity index (χ0v) is 16.5. The van der Waals surface area contributed by atoms with Crippen LogP contribution < -0.4 is 5.32 Å². The lowest BCUT2D eigenvalue weighted by Gasteiger charge is -2.23. The summed E-state index contributed by atoms with van der Waals surface area (Å²) in [6.07, 6.45) is 0. The minimum Gasteiger partial charge on any atom is -0.339 e. The van der Waals surface area contributed by atoms with E-state index in [2.05, 4.69) is 5.32 Å². The van der Waals surface area contributed by atoms with Crippen molar-refractivity contribution in [2.24, 2.45) is 0 Å². The van der Waals surface area contributed by atoms with Crippen molar-refractivity contribution in [3.05, 3.63) is 56.7 Å². The lowest BCUT2D eigenvalue weighted by Crippen LogP contribution is -2.44. The van der Waals surface area contributed by atoms with E-state index in [1.54, 1.807) is 12.1 Å². The smallest absolute Gasteiger partial charge is 0.325 e. The van der Waals surface area contributed by atoms with Crippen molar-refractivity contribution in [1.82, 2.24) is 15.1 Å². The van der Waals surface area contributed by atoms with Crippen LogP contribution in [0.4, 0.5) is 13.6 Å². The van der Waals surface area contributed by atoms with Crippen LogP contribution in [0.25, 0.3) is 0 Å². The van der Waals surface area contributed by atoms with Gasteiger partial charge in [0.05, 0.1) is 10.9 Å². The van der Waals surface area contributed by atoms with E-state index in [-0.39, 0.29) is 12.1 Å². The Balaban J connectivity index is 1.76. The number of nitrogens with zero attached hydrogens (tertiary/aromatic N) is 2. The number of halogens is 3. The van der Waals surface area contributed by atoms with Gasteiger partial charge in [-0.05, 0) is 37.3 Å². The third-order valence-corrected chi connectivity index (χ3v) is 5.70. The summed E-state index contributed by atoms with van der Waals surface area (Å²) in [7, 11) is 1.53. The first-order valence-electron chi connectivity index (χ1n) is 8.19. The second kappa shape index (κ2) is 7.48. The summed E-state index contributed by atoms with van der Waals surface area (Å²) in [6.45, 7) is 1.01. The standard InChI is InChI=1S/C18H16ClF2N3O3S/c1-18(12-7-10(20)3-5-13(12)21)16(26)24(17(27)22-18)9-15(25)23(2)8-11-4-6-14(19)28-11/h3-7H,8-9H2,1-2H3,(H,22,27). The summed E-state index contributed by atoms with van der Waals surface area (Å²) in [4.78, 5) is 40.4. The largest absolute Gasteiger partial charge is 0.339 e. The van der Waals surface area contributed by atoms with Crippen molar-refractivity contribution in [3.63, 3.8) is 0 Å². The molecule has 2 heterocycles. The number of carbonyl (C=O) groups is 3. The molecule has 0 spiro atoms. The molecule has 0 aliphatic carbocycles. The van der Waals surface area contributed by atoms with Gasteiger partial charge in [-0.3, -0.25) is 14.5 Å². The molecule has 28 heavy (non-hydrogen) atoms. The number of benzene rings is 1. The lowest BCUT2D eigenvalue weighted by atomic mass is 9.91. The van der Waals surface area contributed by atoms with Gasteiger partial charge in [-0.1, -0.05) is 11.6 Å². The van der Waals surface area contributed by atoms with E-state index in [1.807, 2.05) is 0 Å². The summed E-state index contributed by atoms with van der Waals surface area (Å²) < 4.78 is 28.3. The third kappa shape index (κ3) is 3.72. The number of thiophene rings is 1. The molecule has 6 nitrogen and oxygen atoms in total. The fraction of sp³-hybridized carbons (Fsp3) is 0.278. The van der Waals surface area contributed by atoms with Crippen molar-refractivity contribution in [3.8, 4) is 0 Å². The minimum absolute atomic E-state index is 0.260. The number of carbonyl (C=O) groups excluding carboxylic acids is 3. The molecule has 0 radical (unpaired) electrons. The molecular weight excluding hydrogens is 412 g/mol. The Bertz CT molecular complexity index is 967. The number of imide groups is 1. The summed E-state index contributed by atoms with van der Waals surface area (Å²) in [5.41, 5.74) is -2.11. The SMILES string of the molecule is CN(Cc1ccc(Cl)s1)C(=O)CN1C(=O)NC(C)(c2cc(F)ccc2F)C1=O. The van der Waals surface area contributed by atoms with Crippen LogP contribution in [0.2, 0.25) is 4.34 Å². The number of hydrogen-bond donors (Lipinski definition) is 1. The van der Waals surface area contributed by atoms with Gasteiger partial charge in [0, 0.05) is 17.5 Å². The van der Waals surface area contributed by atoms with E-state index in [9.17, 15) is 23.2 Å². The highest BCUT2D eigenvalue weighted by Crippen LogP contribution is 2.31. The van der Waals surface area contributed by atoms with Gasteiger partial charge in [0.1, 0.15) is 23.7 Å². The van der Waals surface area contributed by atoms with Crippen LogP contribution >= 0.6 is 22.9 Å². The fourth-order valence-corrected chi connectivity index (χ4v) is 4.06. The number of hydrogen-bond acceptors (Lipinski definition) is 4. The Labute approximate surface area is 168 Å². The van der Waals surface area contributed by atoms with Gasteiger partial charge in [0.15, 0.2) is 0 Å². The van der Waals surface area contributed by atoms with Crippen LogP contribution in [0.3, 0.4) is 0 Å². The summed E-state index contributed by atoms with van der Waals surface area (Å²) in [6, 6.07) is 5.27. The summed E-state index contributed by atoms with van der Waals surface area (Å²) in [5, 5.41) is 2.36. The third-order valence-electron chi connectivity index (χ3n) is 4.48. The Morgan fingerprint density at radius 2 is 2.00 bits per heavy atom. The average molecular weight is 428 g/mol. The zero-order valence-electron chi connectivity index (χ0n) is 15.0. The molecule has 2 aromatic rings. The van der Waals surface area contributed by atoms with Crippen LogP contribution in [0.15, 0.2) is 30.3 Å². The quantitative estimate of drug-likeness (QED) is 0.745. The molecule has 1 aliphatic heterocycles. The minimum atomic E-state index is -1.80. The van der Waals surface area contributed by atoms with Crippen LogP contribution in [0, 0.1) is 11.6 Å².